The molecule has 2 nitrogen and oxygen atoms in total. The first-order valence-electron chi connectivity index (χ1n) is 4.72. The van der Waals surface area contributed by atoms with E-state index in [0.717, 1.165) is 19.0 Å². The van der Waals surface area contributed by atoms with Crippen LogP contribution in [0.1, 0.15) is 19.8 Å². The quantitative estimate of drug-likeness (QED) is 0.576. The molecule has 0 heterocycles. The van der Waals surface area contributed by atoms with Crippen LogP contribution in [0.5, 0.6) is 0 Å². The van der Waals surface area contributed by atoms with E-state index in [1.54, 1.807) is 0 Å². The molecule has 1 rings (SSSR count). The van der Waals surface area contributed by atoms with Crippen LogP contribution in [0.4, 0.5) is 0 Å². The molecule has 11 heavy (non-hydrogen) atoms. The Kier molecular flexibility index (Phi) is 3.87. The highest BCUT2D eigenvalue weighted by molar-refractivity contribution is 4.75. The molecule has 1 N–H and O–H groups in total. The molecule has 0 atom stereocenters. The van der Waals surface area contributed by atoms with Crippen LogP contribution in [-0.2, 0) is 0 Å². The topological polar surface area (TPSA) is 15.3 Å². The first-order chi connectivity index (χ1) is 5.33. The Morgan fingerprint density at radius 3 is 2.73 bits per heavy atom. The Morgan fingerprint density at radius 1 is 1.45 bits per heavy atom. The lowest BCUT2D eigenvalue weighted by atomic mass is 10.4. The van der Waals surface area contributed by atoms with Gasteiger partial charge in [-0.2, -0.15) is 0 Å². The van der Waals surface area contributed by atoms with Gasteiger partial charge in [0.05, 0.1) is 0 Å². The minimum Gasteiger partial charge on any atom is -0.315 e. The summed E-state index contributed by atoms with van der Waals surface area (Å²) in [5.41, 5.74) is 0. The van der Waals surface area contributed by atoms with E-state index >= 15 is 0 Å². The molecule has 0 radical (unpaired) electrons. The van der Waals surface area contributed by atoms with E-state index in [4.69, 9.17) is 0 Å². The number of likely N-dealkylation sites (N-methyl/N-ethyl adjacent to an activating group) is 1. The van der Waals surface area contributed by atoms with Gasteiger partial charge in [0.15, 0.2) is 0 Å². The maximum Gasteiger partial charge on any atom is 0.0104 e. The van der Waals surface area contributed by atoms with Crippen molar-refractivity contribution in [3.8, 4) is 0 Å². The summed E-state index contributed by atoms with van der Waals surface area (Å²) in [4.78, 5) is 2.33. The average Bonchev–Trinajstić information content (AvgIpc) is 2.81. The van der Waals surface area contributed by atoms with Crippen LogP contribution in [-0.4, -0.2) is 38.1 Å². The summed E-state index contributed by atoms with van der Waals surface area (Å²) in [6, 6.07) is 0. The molecule has 1 aliphatic carbocycles. The third kappa shape index (κ3) is 4.38. The van der Waals surface area contributed by atoms with Gasteiger partial charge in [-0.1, -0.05) is 6.92 Å². The second-order valence-electron chi connectivity index (χ2n) is 3.54. The Labute approximate surface area is 70.0 Å². The van der Waals surface area contributed by atoms with Gasteiger partial charge in [-0.3, -0.25) is 0 Å². The van der Waals surface area contributed by atoms with Crippen LogP contribution in [0.15, 0.2) is 0 Å². The van der Waals surface area contributed by atoms with Crippen molar-refractivity contribution in [3.05, 3.63) is 0 Å². The van der Waals surface area contributed by atoms with Gasteiger partial charge in [-0.05, 0) is 38.9 Å². The van der Waals surface area contributed by atoms with Crippen molar-refractivity contribution in [1.82, 2.24) is 10.2 Å². The molecule has 0 bridgehead atoms. The third-order valence-corrected chi connectivity index (χ3v) is 2.34. The molecule has 0 aromatic rings. The van der Waals surface area contributed by atoms with Crippen molar-refractivity contribution in [1.29, 1.82) is 0 Å². The predicted molar refractivity (Wildman–Crippen MR) is 48.8 cm³/mol. The van der Waals surface area contributed by atoms with Crippen molar-refractivity contribution in [2.75, 3.05) is 33.2 Å². The standard InChI is InChI=1S/C9H20N2/c1-3-11(2)7-6-10-8-9-4-5-9/h9-10H,3-8H2,1-2H3. The molecule has 66 valence electrons. The zero-order valence-electron chi connectivity index (χ0n) is 7.77. The Morgan fingerprint density at radius 2 is 2.18 bits per heavy atom. The molecule has 0 saturated heterocycles. The summed E-state index contributed by atoms with van der Waals surface area (Å²) in [6.45, 7) is 6.94. The molecule has 0 unspecified atom stereocenters. The van der Waals surface area contributed by atoms with Crippen molar-refractivity contribution >= 4 is 0 Å². The molecule has 1 aliphatic rings. The first-order valence-corrected chi connectivity index (χ1v) is 4.72. The number of rotatable bonds is 6. The number of nitrogens with zero attached hydrogens (tertiary/aromatic N) is 1. The van der Waals surface area contributed by atoms with Crippen LogP contribution in [0.25, 0.3) is 0 Å². The van der Waals surface area contributed by atoms with Gasteiger partial charge in [-0.15, -0.1) is 0 Å². The molecule has 0 aliphatic heterocycles. The molecule has 0 spiro atoms. The normalized spacial score (nSPS) is 17.7. The van der Waals surface area contributed by atoms with Gasteiger partial charge >= 0.3 is 0 Å². The maximum absolute atomic E-state index is 3.47. The second kappa shape index (κ2) is 4.73. The summed E-state index contributed by atoms with van der Waals surface area (Å²) in [5.74, 6) is 1.02. The predicted octanol–water partition coefficient (Wildman–Crippen LogP) is 0.938. The van der Waals surface area contributed by atoms with Gasteiger partial charge in [0, 0.05) is 13.1 Å². The Bertz CT molecular complexity index is 99.7. The van der Waals surface area contributed by atoms with Crippen LogP contribution in [0.2, 0.25) is 0 Å². The number of hydrogen-bond donors (Lipinski definition) is 1. The van der Waals surface area contributed by atoms with Gasteiger partial charge < -0.3 is 10.2 Å². The summed E-state index contributed by atoms with van der Waals surface area (Å²) in [6.07, 6.45) is 2.91. The minimum atomic E-state index is 1.02. The molecule has 1 fully saturated rings. The monoisotopic (exact) mass is 156 g/mol. The fourth-order valence-electron chi connectivity index (χ4n) is 1.06. The van der Waals surface area contributed by atoms with Crippen molar-refractivity contribution in [2.24, 2.45) is 5.92 Å². The van der Waals surface area contributed by atoms with E-state index in [0.29, 0.717) is 0 Å². The van der Waals surface area contributed by atoms with Gasteiger partial charge in [0.1, 0.15) is 0 Å². The molecule has 1 saturated carbocycles. The summed E-state index contributed by atoms with van der Waals surface area (Å²) >= 11 is 0. The summed E-state index contributed by atoms with van der Waals surface area (Å²) in [5, 5.41) is 3.47. The van der Waals surface area contributed by atoms with E-state index in [9.17, 15) is 0 Å². The van der Waals surface area contributed by atoms with Crippen molar-refractivity contribution < 1.29 is 0 Å². The largest absolute Gasteiger partial charge is 0.315 e. The lowest BCUT2D eigenvalue weighted by molar-refractivity contribution is 0.348. The van der Waals surface area contributed by atoms with Crippen LogP contribution < -0.4 is 5.32 Å². The van der Waals surface area contributed by atoms with Crippen molar-refractivity contribution in [2.45, 2.75) is 19.8 Å². The minimum absolute atomic E-state index is 1.02. The molecule has 2 heteroatoms. The fourth-order valence-corrected chi connectivity index (χ4v) is 1.06. The van der Waals surface area contributed by atoms with Crippen LogP contribution in [0.3, 0.4) is 0 Å². The lowest BCUT2D eigenvalue weighted by Crippen LogP contribution is -2.30. The zero-order valence-corrected chi connectivity index (χ0v) is 7.77. The highest BCUT2D eigenvalue weighted by Crippen LogP contribution is 2.27. The highest BCUT2D eigenvalue weighted by atomic mass is 15.1. The molecule has 0 amide bonds. The Hall–Kier alpha value is -0.0800. The smallest absolute Gasteiger partial charge is 0.0104 e. The van der Waals surface area contributed by atoms with E-state index in [2.05, 4.69) is 24.2 Å². The molecule has 0 aromatic carbocycles. The van der Waals surface area contributed by atoms with E-state index in [1.807, 2.05) is 0 Å². The van der Waals surface area contributed by atoms with Gasteiger partial charge in [0.25, 0.3) is 0 Å². The molecular formula is C9H20N2. The summed E-state index contributed by atoms with van der Waals surface area (Å²) in [7, 11) is 2.17. The Balaban J connectivity index is 1.79. The molecular weight excluding hydrogens is 136 g/mol. The van der Waals surface area contributed by atoms with E-state index < -0.39 is 0 Å². The van der Waals surface area contributed by atoms with Gasteiger partial charge in [-0.25, -0.2) is 0 Å². The second-order valence-corrected chi connectivity index (χ2v) is 3.54. The fraction of sp³-hybridized carbons (Fsp3) is 1.00. The zero-order chi connectivity index (χ0) is 8.10. The molecule has 0 aromatic heterocycles. The van der Waals surface area contributed by atoms with Crippen molar-refractivity contribution in [3.63, 3.8) is 0 Å². The number of hydrogen-bond acceptors (Lipinski definition) is 2. The lowest BCUT2D eigenvalue weighted by Gasteiger charge is -2.13. The van der Waals surface area contributed by atoms with E-state index in [1.165, 1.54) is 25.9 Å². The highest BCUT2D eigenvalue weighted by Gasteiger charge is 2.19. The third-order valence-electron chi connectivity index (χ3n) is 2.34. The first kappa shape index (κ1) is 9.01. The average molecular weight is 156 g/mol. The van der Waals surface area contributed by atoms with E-state index in [-0.39, 0.29) is 0 Å². The van der Waals surface area contributed by atoms with Crippen LogP contribution >= 0.6 is 0 Å². The van der Waals surface area contributed by atoms with Gasteiger partial charge in [0.2, 0.25) is 0 Å². The summed E-state index contributed by atoms with van der Waals surface area (Å²) < 4.78 is 0. The van der Waals surface area contributed by atoms with Crippen LogP contribution in [0, 0.1) is 5.92 Å². The maximum atomic E-state index is 3.47. The number of nitrogens with one attached hydrogen (secondary N) is 1. The SMILES string of the molecule is CCN(C)CCNCC1CC1.